The molecule has 0 aliphatic heterocycles. The van der Waals surface area contributed by atoms with E-state index in [4.69, 9.17) is 5.11 Å². The van der Waals surface area contributed by atoms with Crippen LogP contribution in [0.4, 0.5) is 22.0 Å². The lowest BCUT2D eigenvalue weighted by Crippen LogP contribution is -2.27. The summed E-state index contributed by atoms with van der Waals surface area (Å²) in [6.45, 7) is 1.19. The molecule has 1 unspecified atom stereocenters. The summed E-state index contributed by atoms with van der Waals surface area (Å²) in [4.78, 5) is 11.0. The molecule has 2 rings (SSSR count). The van der Waals surface area contributed by atoms with Crippen LogP contribution in [-0.4, -0.2) is 17.0 Å². The Bertz CT molecular complexity index is 550. The molecule has 104 valence electrons. The van der Waals surface area contributed by atoms with Crippen LogP contribution in [0, 0.1) is 6.92 Å². The standard InChI is InChI=1S/C12H9F5O2/c1-6-2-3-7(4-8(6)12(15,16)17)10(9(18)19)5-11(10,13)14/h2-4H,5H2,1H3,(H,18,19). The van der Waals surface area contributed by atoms with Crippen LogP contribution in [0.2, 0.25) is 0 Å². The zero-order valence-corrected chi connectivity index (χ0v) is 9.68. The third kappa shape index (κ3) is 1.87. The molecule has 1 atom stereocenters. The van der Waals surface area contributed by atoms with Crippen molar-refractivity contribution in [3.63, 3.8) is 0 Å². The quantitative estimate of drug-likeness (QED) is 0.843. The lowest BCUT2D eigenvalue weighted by Gasteiger charge is -2.16. The van der Waals surface area contributed by atoms with Gasteiger partial charge in [0, 0.05) is 6.42 Å². The van der Waals surface area contributed by atoms with Crippen LogP contribution in [0.25, 0.3) is 0 Å². The second kappa shape index (κ2) is 3.68. The average molecular weight is 280 g/mol. The van der Waals surface area contributed by atoms with E-state index in [0.717, 1.165) is 12.1 Å². The molecular weight excluding hydrogens is 271 g/mol. The summed E-state index contributed by atoms with van der Waals surface area (Å²) < 4.78 is 64.6. The molecule has 0 radical (unpaired) electrons. The molecule has 1 aliphatic rings. The van der Waals surface area contributed by atoms with Crippen molar-refractivity contribution in [2.75, 3.05) is 0 Å². The number of carbonyl (C=O) groups is 1. The van der Waals surface area contributed by atoms with Gasteiger partial charge in [0.15, 0.2) is 5.41 Å². The second-order valence-electron chi connectivity index (χ2n) is 4.62. The highest BCUT2D eigenvalue weighted by molar-refractivity contribution is 5.87. The number of hydrogen-bond acceptors (Lipinski definition) is 1. The summed E-state index contributed by atoms with van der Waals surface area (Å²) in [5.74, 6) is -5.33. The van der Waals surface area contributed by atoms with Gasteiger partial charge in [-0.25, -0.2) is 8.78 Å². The second-order valence-corrected chi connectivity index (χ2v) is 4.62. The molecule has 1 fully saturated rings. The lowest BCUT2D eigenvalue weighted by atomic mass is 9.92. The fourth-order valence-corrected chi connectivity index (χ4v) is 2.15. The summed E-state index contributed by atoms with van der Waals surface area (Å²) in [6, 6.07) is 2.53. The van der Waals surface area contributed by atoms with Gasteiger partial charge in [-0.1, -0.05) is 12.1 Å². The number of hydrogen-bond donors (Lipinski definition) is 1. The van der Waals surface area contributed by atoms with Gasteiger partial charge in [0.2, 0.25) is 0 Å². The van der Waals surface area contributed by atoms with Gasteiger partial charge in [0.1, 0.15) is 0 Å². The molecule has 0 heterocycles. The molecule has 7 heteroatoms. The first-order valence-corrected chi connectivity index (χ1v) is 5.32. The van der Waals surface area contributed by atoms with Crippen molar-refractivity contribution in [3.8, 4) is 0 Å². The van der Waals surface area contributed by atoms with Gasteiger partial charge in [-0.3, -0.25) is 4.79 Å². The minimum absolute atomic E-state index is 0.138. The van der Waals surface area contributed by atoms with Crippen molar-refractivity contribution in [1.29, 1.82) is 0 Å². The number of rotatable bonds is 2. The van der Waals surface area contributed by atoms with Crippen LogP contribution >= 0.6 is 0 Å². The van der Waals surface area contributed by atoms with Crippen molar-refractivity contribution in [2.24, 2.45) is 0 Å². The number of alkyl halides is 5. The maximum atomic E-state index is 13.3. The average Bonchev–Trinajstić information content (AvgIpc) is 2.82. The van der Waals surface area contributed by atoms with Crippen LogP contribution in [-0.2, 0) is 16.4 Å². The minimum Gasteiger partial charge on any atom is -0.480 e. The molecule has 2 nitrogen and oxygen atoms in total. The molecule has 1 saturated carbocycles. The van der Waals surface area contributed by atoms with Crippen LogP contribution in [0.3, 0.4) is 0 Å². The fourth-order valence-electron chi connectivity index (χ4n) is 2.15. The molecule has 1 aromatic rings. The van der Waals surface area contributed by atoms with Gasteiger partial charge in [-0.05, 0) is 24.1 Å². The molecule has 0 aromatic heterocycles. The monoisotopic (exact) mass is 280 g/mol. The Balaban J connectivity index is 2.57. The highest BCUT2D eigenvalue weighted by atomic mass is 19.4. The normalized spacial score (nSPS) is 25.2. The van der Waals surface area contributed by atoms with E-state index in [0.29, 0.717) is 6.07 Å². The van der Waals surface area contributed by atoms with Gasteiger partial charge < -0.3 is 5.11 Å². The van der Waals surface area contributed by atoms with Gasteiger partial charge >= 0.3 is 12.1 Å². The van der Waals surface area contributed by atoms with Crippen LogP contribution < -0.4 is 0 Å². The van der Waals surface area contributed by atoms with E-state index in [2.05, 4.69) is 0 Å². The first kappa shape index (κ1) is 13.8. The van der Waals surface area contributed by atoms with E-state index < -0.39 is 41.0 Å². The minimum atomic E-state index is -4.70. The predicted molar refractivity (Wildman–Crippen MR) is 55.1 cm³/mol. The van der Waals surface area contributed by atoms with Crippen molar-refractivity contribution in [2.45, 2.75) is 30.9 Å². The summed E-state index contributed by atoms with van der Waals surface area (Å²) in [6.07, 6.45) is -5.68. The predicted octanol–water partition coefficient (Wildman–Crippen LogP) is 3.38. The maximum absolute atomic E-state index is 13.3. The summed E-state index contributed by atoms with van der Waals surface area (Å²) in [5, 5.41) is 8.89. The zero-order chi connectivity index (χ0) is 14.6. The Morgan fingerprint density at radius 2 is 1.84 bits per heavy atom. The molecule has 1 aliphatic carbocycles. The summed E-state index contributed by atoms with van der Waals surface area (Å²) in [5.41, 5.74) is -4.27. The van der Waals surface area contributed by atoms with Crippen molar-refractivity contribution < 1.29 is 31.9 Å². The van der Waals surface area contributed by atoms with Gasteiger partial charge in [-0.2, -0.15) is 13.2 Å². The van der Waals surface area contributed by atoms with Crippen LogP contribution in [0.15, 0.2) is 18.2 Å². The largest absolute Gasteiger partial charge is 0.480 e. The van der Waals surface area contributed by atoms with E-state index in [1.165, 1.54) is 6.92 Å². The number of carboxylic acids is 1. The summed E-state index contributed by atoms with van der Waals surface area (Å²) in [7, 11) is 0. The third-order valence-electron chi connectivity index (χ3n) is 3.39. The number of aryl methyl sites for hydroxylation is 1. The Kier molecular flexibility index (Phi) is 2.66. The highest BCUT2D eigenvalue weighted by Crippen LogP contribution is 2.62. The Hall–Kier alpha value is -1.66. The third-order valence-corrected chi connectivity index (χ3v) is 3.39. The van der Waals surface area contributed by atoms with E-state index >= 15 is 0 Å². The van der Waals surface area contributed by atoms with E-state index in [9.17, 15) is 26.7 Å². The van der Waals surface area contributed by atoms with Crippen molar-refractivity contribution >= 4 is 5.97 Å². The maximum Gasteiger partial charge on any atom is 0.416 e. The smallest absolute Gasteiger partial charge is 0.416 e. The van der Waals surface area contributed by atoms with Crippen molar-refractivity contribution in [1.82, 2.24) is 0 Å². The first-order chi connectivity index (χ1) is 8.52. The number of aliphatic carboxylic acids is 1. The van der Waals surface area contributed by atoms with E-state index in [-0.39, 0.29) is 5.56 Å². The molecule has 1 N–H and O–H groups in total. The molecule has 19 heavy (non-hydrogen) atoms. The first-order valence-electron chi connectivity index (χ1n) is 5.32. The van der Waals surface area contributed by atoms with Crippen LogP contribution in [0.5, 0.6) is 0 Å². The Labute approximate surface area is 104 Å². The number of benzene rings is 1. The molecule has 0 bridgehead atoms. The SMILES string of the molecule is Cc1ccc(C2(C(=O)O)CC2(F)F)cc1C(F)(F)F. The van der Waals surface area contributed by atoms with Gasteiger partial charge in [0.25, 0.3) is 5.92 Å². The van der Waals surface area contributed by atoms with Crippen LogP contribution in [0.1, 0.15) is 23.1 Å². The molecular formula is C12H9F5O2. The molecule has 1 aromatic carbocycles. The number of halogens is 5. The Morgan fingerprint density at radius 3 is 2.21 bits per heavy atom. The van der Waals surface area contributed by atoms with E-state index in [1.807, 2.05) is 0 Å². The fraction of sp³-hybridized carbons (Fsp3) is 0.417. The highest BCUT2D eigenvalue weighted by Gasteiger charge is 2.77. The van der Waals surface area contributed by atoms with Crippen molar-refractivity contribution in [3.05, 3.63) is 34.9 Å². The lowest BCUT2D eigenvalue weighted by molar-refractivity contribution is -0.143. The molecule has 0 amide bonds. The molecule has 0 spiro atoms. The van der Waals surface area contributed by atoms with Gasteiger partial charge in [0.05, 0.1) is 5.56 Å². The Morgan fingerprint density at radius 1 is 1.32 bits per heavy atom. The van der Waals surface area contributed by atoms with Gasteiger partial charge in [-0.15, -0.1) is 0 Å². The molecule has 0 saturated heterocycles. The van der Waals surface area contributed by atoms with E-state index in [1.54, 1.807) is 0 Å². The topological polar surface area (TPSA) is 37.3 Å². The summed E-state index contributed by atoms with van der Waals surface area (Å²) >= 11 is 0. The number of carboxylic acid groups (broad SMARTS) is 1. The zero-order valence-electron chi connectivity index (χ0n) is 9.68.